The third kappa shape index (κ3) is 5.55. The van der Waals surface area contributed by atoms with Gasteiger partial charge in [0, 0.05) is 19.3 Å². The molecule has 0 saturated carbocycles. The van der Waals surface area contributed by atoms with Crippen molar-refractivity contribution in [3.63, 3.8) is 0 Å². The number of aromatic amines is 1. The molecule has 2 N–H and O–H groups in total. The minimum atomic E-state index is -0.497. The number of hydrogen-bond acceptors (Lipinski definition) is 9. The number of methoxy groups -OCH3 is 2. The van der Waals surface area contributed by atoms with Crippen LogP contribution in [0.25, 0.3) is 11.4 Å². The van der Waals surface area contributed by atoms with Crippen LogP contribution in [0.4, 0.5) is 5.95 Å². The van der Waals surface area contributed by atoms with Crippen LogP contribution in [0.1, 0.15) is 24.3 Å². The largest absolute Gasteiger partial charge is 0.497 e. The summed E-state index contributed by atoms with van der Waals surface area (Å²) < 4.78 is 23.0. The molecule has 0 fully saturated rings. The summed E-state index contributed by atoms with van der Waals surface area (Å²) in [6, 6.07) is 5.28. The summed E-state index contributed by atoms with van der Waals surface area (Å²) in [6.07, 6.45) is 1.03. The zero-order chi connectivity index (χ0) is 22.2. The minimum absolute atomic E-state index is 0.0916. The van der Waals surface area contributed by atoms with Crippen LogP contribution in [-0.4, -0.2) is 69.8 Å². The van der Waals surface area contributed by atoms with Crippen LogP contribution < -0.4 is 14.8 Å². The van der Waals surface area contributed by atoms with Crippen molar-refractivity contribution >= 4 is 11.9 Å². The second-order valence-corrected chi connectivity index (χ2v) is 6.19. The molecule has 0 aliphatic carbocycles. The van der Waals surface area contributed by atoms with Crippen LogP contribution in [0.5, 0.6) is 11.5 Å². The van der Waals surface area contributed by atoms with E-state index in [4.69, 9.17) is 18.9 Å². The van der Waals surface area contributed by atoms with Crippen LogP contribution in [-0.2, 0) is 16.0 Å². The zero-order valence-electron chi connectivity index (χ0n) is 17.8. The summed E-state index contributed by atoms with van der Waals surface area (Å²) in [6.45, 7) is 5.06. The number of ether oxygens (including phenoxy) is 4. The summed E-state index contributed by atoms with van der Waals surface area (Å²) in [7, 11) is 3.11. The maximum Gasteiger partial charge on any atom is 0.280 e. The Morgan fingerprint density at radius 1 is 1.19 bits per heavy atom. The first-order valence-corrected chi connectivity index (χ1v) is 9.67. The third-order valence-electron chi connectivity index (χ3n) is 4.19. The molecule has 0 radical (unpaired) electrons. The van der Waals surface area contributed by atoms with Crippen LogP contribution in [0, 0.1) is 0 Å². The summed E-state index contributed by atoms with van der Waals surface area (Å²) in [5.74, 6) is 1.22. The van der Waals surface area contributed by atoms with Crippen molar-refractivity contribution in [3.05, 3.63) is 30.1 Å². The van der Waals surface area contributed by atoms with Gasteiger partial charge in [0.05, 0.1) is 32.5 Å². The first-order valence-electron chi connectivity index (χ1n) is 9.67. The molecule has 12 nitrogen and oxygen atoms in total. The van der Waals surface area contributed by atoms with Gasteiger partial charge in [-0.1, -0.05) is 5.21 Å². The van der Waals surface area contributed by atoms with Crippen molar-refractivity contribution in [3.8, 4) is 22.9 Å². The lowest BCUT2D eigenvalue weighted by Gasteiger charge is -2.16. The maximum atomic E-state index is 12.5. The summed E-state index contributed by atoms with van der Waals surface area (Å²) in [4.78, 5) is 16.8. The van der Waals surface area contributed by atoms with Gasteiger partial charge in [-0.3, -0.25) is 15.2 Å². The van der Waals surface area contributed by atoms with Gasteiger partial charge < -0.3 is 18.9 Å². The lowest BCUT2D eigenvalue weighted by atomic mass is 10.2. The zero-order valence-corrected chi connectivity index (χ0v) is 17.8. The number of anilines is 1. The highest BCUT2D eigenvalue weighted by Gasteiger charge is 2.17. The number of benzene rings is 1. The Morgan fingerprint density at radius 3 is 2.65 bits per heavy atom. The van der Waals surface area contributed by atoms with Crippen LogP contribution in [0.3, 0.4) is 0 Å². The van der Waals surface area contributed by atoms with Gasteiger partial charge in [0.25, 0.3) is 5.91 Å². The highest BCUT2D eigenvalue weighted by atomic mass is 16.7. The Balaban J connectivity index is 1.67. The van der Waals surface area contributed by atoms with Gasteiger partial charge in [0.2, 0.25) is 5.95 Å². The summed E-state index contributed by atoms with van der Waals surface area (Å²) >= 11 is 0. The van der Waals surface area contributed by atoms with E-state index in [9.17, 15) is 4.79 Å². The average molecular weight is 431 g/mol. The molecule has 31 heavy (non-hydrogen) atoms. The molecule has 0 aliphatic heterocycles. The first-order chi connectivity index (χ1) is 15.1. The molecule has 12 heteroatoms. The monoisotopic (exact) mass is 431 g/mol. The molecule has 0 spiro atoms. The van der Waals surface area contributed by atoms with E-state index in [1.54, 1.807) is 32.4 Å². The predicted octanol–water partition coefficient (Wildman–Crippen LogP) is 1.73. The van der Waals surface area contributed by atoms with Gasteiger partial charge in [-0.2, -0.15) is 4.98 Å². The van der Waals surface area contributed by atoms with Gasteiger partial charge in [-0.25, -0.2) is 4.68 Å². The molecular weight excluding hydrogens is 406 g/mol. The van der Waals surface area contributed by atoms with Crippen molar-refractivity contribution in [2.24, 2.45) is 0 Å². The van der Waals surface area contributed by atoms with Crippen molar-refractivity contribution in [2.75, 3.05) is 32.8 Å². The highest BCUT2D eigenvalue weighted by molar-refractivity contribution is 6.01. The number of amides is 1. The van der Waals surface area contributed by atoms with E-state index in [1.807, 2.05) is 13.8 Å². The Bertz CT molecular complexity index is 997. The third-order valence-corrected chi connectivity index (χ3v) is 4.19. The maximum absolute atomic E-state index is 12.5. The van der Waals surface area contributed by atoms with E-state index in [0.29, 0.717) is 42.6 Å². The first kappa shape index (κ1) is 22.2. The molecule has 2 heterocycles. The number of carbonyl (C=O) groups is 1. The van der Waals surface area contributed by atoms with E-state index < -0.39 is 12.2 Å². The van der Waals surface area contributed by atoms with E-state index in [1.165, 1.54) is 10.9 Å². The fourth-order valence-corrected chi connectivity index (χ4v) is 2.77. The SMILES string of the molecule is CCOC(Cn1cc(C(=O)Nc2n[nH]c(-c3ccc(OC)cc3OC)n2)nn1)OCC. The number of carbonyl (C=O) groups excluding carboxylic acids is 1. The van der Waals surface area contributed by atoms with E-state index in [2.05, 4.69) is 30.8 Å². The van der Waals surface area contributed by atoms with E-state index in [-0.39, 0.29) is 11.6 Å². The molecule has 0 unspecified atom stereocenters. The van der Waals surface area contributed by atoms with Crippen LogP contribution in [0.15, 0.2) is 24.4 Å². The number of aromatic nitrogens is 6. The molecule has 0 bridgehead atoms. The van der Waals surface area contributed by atoms with Crippen molar-refractivity contribution in [1.82, 2.24) is 30.2 Å². The fraction of sp³-hybridized carbons (Fsp3) is 0.421. The second kappa shape index (κ2) is 10.5. The van der Waals surface area contributed by atoms with Gasteiger partial charge in [0.15, 0.2) is 17.8 Å². The molecule has 3 aromatic rings. The van der Waals surface area contributed by atoms with Gasteiger partial charge in [-0.05, 0) is 26.0 Å². The van der Waals surface area contributed by atoms with E-state index >= 15 is 0 Å². The van der Waals surface area contributed by atoms with Gasteiger partial charge in [0.1, 0.15) is 11.5 Å². The smallest absolute Gasteiger partial charge is 0.280 e. The lowest BCUT2D eigenvalue weighted by Crippen LogP contribution is -2.24. The Labute approximate surface area is 178 Å². The lowest BCUT2D eigenvalue weighted by molar-refractivity contribution is -0.145. The molecule has 0 aliphatic rings. The van der Waals surface area contributed by atoms with Crippen molar-refractivity contribution in [1.29, 1.82) is 0 Å². The molecule has 2 aromatic heterocycles. The highest BCUT2D eigenvalue weighted by Crippen LogP contribution is 2.31. The quantitative estimate of drug-likeness (QED) is 0.435. The molecule has 1 aromatic carbocycles. The number of rotatable bonds is 11. The number of nitrogens with zero attached hydrogens (tertiary/aromatic N) is 5. The predicted molar refractivity (Wildman–Crippen MR) is 110 cm³/mol. The molecule has 0 atom stereocenters. The number of H-pyrrole nitrogens is 1. The molecule has 1 amide bonds. The van der Waals surface area contributed by atoms with Crippen LogP contribution in [0.2, 0.25) is 0 Å². The molecule has 0 saturated heterocycles. The molecular formula is C19H25N7O5. The summed E-state index contributed by atoms with van der Waals surface area (Å²) in [5, 5.41) is 17.2. The number of hydrogen-bond donors (Lipinski definition) is 2. The second-order valence-electron chi connectivity index (χ2n) is 6.19. The average Bonchev–Trinajstić information content (AvgIpc) is 3.43. The topological polar surface area (TPSA) is 138 Å². The Morgan fingerprint density at radius 2 is 1.97 bits per heavy atom. The molecule has 3 rings (SSSR count). The molecule has 166 valence electrons. The van der Waals surface area contributed by atoms with Crippen LogP contribution >= 0.6 is 0 Å². The van der Waals surface area contributed by atoms with E-state index in [0.717, 1.165) is 0 Å². The number of nitrogens with one attached hydrogen (secondary N) is 2. The van der Waals surface area contributed by atoms with Crippen molar-refractivity contribution in [2.45, 2.75) is 26.7 Å². The summed E-state index contributed by atoms with van der Waals surface area (Å²) in [5.41, 5.74) is 0.778. The Kier molecular flexibility index (Phi) is 7.51. The minimum Gasteiger partial charge on any atom is -0.497 e. The normalized spacial score (nSPS) is 11.0. The fourth-order valence-electron chi connectivity index (χ4n) is 2.77. The van der Waals surface area contributed by atoms with Gasteiger partial charge in [-0.15, -0.1) is 10.2 Å². The standard InChI is InChI=1S/C19H25N7O5/c1-5-30-16(31-6-2)11-26-10-14(22-25-26)18(27)21-19-20-17(23-24-19)13-8-7-12(28-3)9-15(13)29-4/h7-10,16H,5-6,11H2,1-4H3,(H2,20,21,23,24,27). The Hall–Kier alpha value is -3.51. The van der Waals surface area contributed by atoms with Crippen molar-refractivity contribution < 1.29 is 23.7 Å². The van der Waals surface area contributed by atoms with Gasteiger partial charge >= 0.3 is 0 Å².